The van der Waals surface area contributed by atoms with Crippen LogP contribution in [0.25, 0.3) is 0 Å². The van der Waals surface area contributed by atoms with E-state index in [4.69, 9.17) is 10.5 Å². The molecule has 1 aromatic heterocycles. The van der Waals surface area contributed by atoms with Gasteiger partial charge in [0.15, 0.2) is 0 Å². The zero-order valence-corrected chi connectivity index (χ0v) is 12.7. The molecule has 0 aliphatic heterocycles. The molecule has 0 saturated carbocycles. The maximum absolute atomic E-state index is 11.9. The quantitative estimate of drug-likeness (QED) is 0.643. The van der Waals surface area contributed by atoms with E-state index in [-0.39, 0.29) is 17.4 Å². The summed E-state index contributed by atoms with van der Waals surface area (Å²) in [5, 5.41) is 2.79. The number of methoxy groups -OCH3 is 1. The monoisotopic (exact) mass is 298 g/mol. The van der Waals surface area contributed by atoms with Crippen LogP contribution in [-0.2, 0) is 16.1 Å². The van der Waals surface area contributed by atoms with Crippen molar-refractivity contribution in [1.29, 1.82) is 0 Å². The molecule has 118 valence electrons. The van der Waals surface area contributed by atoms with E-state index < -0.39 is 23.3 Å². The second-order valence-electron chi connectivity index (χ2n) is 5.06. The fraction of sp³-hybridized carbons (Fsp3) is 0.615. The number of carbonyl (C=O) groups excluding carboxylic acids is 1. The molecule has 21 heavy (non-hydrogen) atoms. The van der Waals surface area contributed by atoms with Crippen LogP contribution in [0.4, 0.5) is 11.5 Å². The summed E-state index contributed by atoms with van der Waals surface area (Å²) in [4.78, 5) is 37.6. The first-order chi connectivity index (χ1) is 9.83. The number of hydrogen-bond acceptors (Lipinski definition) is 6. The standard InChI is InChI=1S/C13H22N4O4/c1-5-6-17-10(14)9(11(18)16-13(17)20)15-8(7(2)3)12(19)21-4/h7-8,15H,5-6,14H2,1-4H3,(H,16,18,20). The summed E-state index contributed by atoms with van der Waals surface area (Å²) in [6, 6.07) is -0.731. The smallest absolute Gasteiger partial charge is 0.330 e. The van der Waals surface area contributed by atoms with Crippen molar-refractivity contribution in [3.05, 3.63) is 20.8 Å². The number of ether oxygens (including phenoxy) is 1. The Hall–Kier alpha value is -2.25. The number of carbonyl (C=O) groups is 1. The number of H-pyrrole nitrogens is 1. The van der Waals surface area contributed by atoms with Crippen molar-refractivity contribution in [2.24, 2.45) is 5.92 Å². The zero-order valence-electron chi connectivity index (χ0n) is 12.7. The lowest BCUT2D eigenvalue weighted by Gasteiger charge is -2.22. The molecule has 1 rings (SSSR count). The van der Waals surface area contributed by atoms with E-state index in [0.717, 1.165) is 0 Å². The summed E-state index contributed by atoms with van der Waals surface area (Å²) in [5.74, 6) is -0.611. The van der Waals surface area contributed by atoms with Gasteiger partial charge in [0.2, 0.25) is 0 Å². The van der Waals surface area contributed by atoms with Gasteiger partial charge in [0.1, 0.15) is 17.5 Å². The molecule has 0 bridgehead atoms. The van der Waals surface area contributed by atoms with Gasteiger partial charge in [-0.2, -0.15) is 0 Å². The summed E-state index contributed by atoms with van der Waals surface area (Å²) < 4.78 is 5.97. The van der Waals surface area contributed by atoms with Gasteiger partial charge < -0.3 is 15.8 Å². The molecular formula is C13H22N4O4. The van der Waals surface area contributed by atoms with Gasteiger partial charge in [0.05, 0.1) is 7.11 Å². The lowest BCUT2D eigenvalue weighted by Crippen LogP contribution is -2.40. The fourth-order valence-electron chi connectivity index (χ4n) is 1.95. The first-order valence-electron chi connectivity index (χ1n) is 6.80. The van der Waals surface area contributed by atoms with Crippen LogP contribution in [0.2, 0.25) is 0 Å². The van der Waals surface area contributed by atoms with Crippen molar-refractivity contribution < 1.29 is 9.53 Å². The number of esters is 1. The van der Waals surface area contributed by atoms with Gasteiger partial charge in [-0.05, 0) is 12.3 Å². The minimum Gasteiger partial charge on any atom is -0.467 e. The van der Waals surface area contributed by atoms with E-state index in [1.165, 1.54) is 11.7 Å². The first kappa shape index (κ1) is 16.8. The molecular weight excluding hydrogens is 276 g/mol. The Bertz CT molecular complexity index is 618. The first-order valence-corrected chi connectivity index (χ1v) is 6.80. The van der Waals surface area contributed by atoms with Crippen LogP contribution in [0, 0.1) is 5.92 Å². The average Bonchev–Trinajstić information content (AvgIpc) is 2.42. The number of anilines is 2. The van der Waals surface area contributed by atoms with Crippen LogP contribution >= 0.6 is 0 Å². The van der Waals surface area contributed by atoms with E-state index in [1.807, 2.05) is 6.92 Å². The Morgan fingerprint density at radius 2 is 2.05 bits per heavy atom. The molecule has 0 spiro atoms. The largest absolute Gasteiger partial charge is 0.467 e. The molecule has 0 fully saturated rings. The Balaban J connectivity index is 3.30. The lowest BCUT2D eigenvalue weighted by atomic mass is 10.0. The van der Waals surface area contributed by atoms with Gasteiger partial charge >= 0.3 is 11.7 Å². The molecule has 1 atom stereocenters. The molecule has 4 N–H and O–H groups in total. The molecule has 0 amide bonds. The van der Waals surface area contributed by atoms with E-state index >= 15 is 0 Å². The Morgan fingerprint density at radius 1 is 1.43 bits per heavy atom. The summed E-state index contributed by atoms with van der Waals surface area (Å²) in [7, 11) is 1.27. The number of aromatic nitrogens is 2. The molecule has 8 nitrogen and oxygen atoms in total. The van der Waals surface area contributed by atoms with Crippen LogP contribution in [0.1, 0.15) is 27.2 Å². The van der Waals surface area contributed by atoms with Crippen LogP contribution in [0.3, 0.4) is 0 Å². The summed E-state index contributed by atoms with van der Waals surface area (Å²) >= 11 is 0. The van der Waals surface area contributed by atoms with Gasteiger partial charge in [-0.1, -0.05) is 20.8 Å². The third-order valence-corrected chi connectivity index (χ3v) is 3.11. The SMILES string of the molecule is CCCn1c(N)c(NC(C(=O)OC)C(C)C)c(=O)[nH]c1=O. The molecule has 0 aromatic carbocycles. The van der Waals surface area contributed by atoms with Crippen LogP contribution in [0.5, 0.6) is 0 Å². The van der Waals surface area contributed by atoms with E-state index in [2.05, 4.69) is 10.3 Å². The maximum atomic E-state index is 11.9. The van der Waals surface area contributed by atoms with Crippen LogP contribution in [0.15, 0.2) is 9.59 Å². The van der Waals surface area contributed by atoms with Crippen molar-refractivity contribution >= 4 is 17.5 Å². The minimum atomic E-state index is -0.731. The molecule has 1 aromatic rings. The number of nitrogens with zero attached hydrogens (tertiary/aromatic N) is 1. The Labute approximate surface area is 122 Å². The van der Waals surface area contributed by atoms with Crippen LogP contribution < -0.4 is 22.3 Å². The highest BCUT2D eigenvalue weighted by molar-refractivity contribution is 5.80. The third kappa shape index (κ3) is 3.65. The number of aromatic amines is 1. The van der Waals surface area contributed by atoms with Crippen molar-refractivity contribution in [3.63, 3.8) is 0 Å². The topological polar surface area (TPSA) is 119 Å². The highest BCUT2D eigenvalue weighted by Gasteiger charge is 2.25. The van der Waals surface area contributed by atoms with E-state index in [0.29, 0.717) is 13.0 Å². The van der Waals surface area contributed by atoms with Crippen LogP contribution in [-0.4, -0.2) is 28.7 Å². The summed E-state index contributed by atoms with van der Waals surface area (Å²) in [6.45, 7) is 5.87. The predicted octanol–water partition coefficient (Wildman–Crippen LogP) is 0.138. The Kier molecular flexibility index (Phi) is 5.57. The predicted molar refractivity (Wildman–Crippen MR) is 80.3 cm³/mol. The molecule has 0 aliphatic carbocycles. The van der Waals surface area contributed by atoms with Crippen molar-refractivity contribution in [3.8, 4) is 0 Å². The average molecular weight is 298 g/mol. The highest BCUT2D eigenvalue weighted by Crippen LogP contribution is 2.16. The van der Waals surface area contributed by atoms with Crippen molar-refractivity contribution in [1.82, 2.24) is 9.55 Å². The minimum absolute atomic E-state index is 0.00662. The Morgan fingerprint density at radius 3 is 2.52 bits per heavy atom. The van der Waals surface area contributed by atoms with Gasteiger partial charge in [0.25, 0.3) is 5.56 Å². The second-order valence-corrected chi connectivity index (χ2v) is 5.06. The molecule has 1 unspecified atom stereocenters. The number of nitrogens with one attached hydrogen (secondary N) is 2. The third-order valence-electron chi connectivity index (χ3n) is 3.11. The molecule has 0 saturated heterocycles. The number of nitrogen functional groups attached to an aromatic ring is 1. The van der Waals surface area contributed by atoms with Crippen molar-refractivity contribution in [2.45, 2.75) is 39.8 Å². The van der Waals surface area contributed by atoms with Gasteiger partial charge in [-0.3, -0.25) is 14.3 Å². The van der Waals surface area contributed by atoms with E-state index in [9.17, 15) is 14.4 Å². The molecule has 0 radical (unpaired) electrons. The van der Waals surface area contributed by atoms with Gasteiger partial charge in [0, 0.05) is 6.54 Å². The zero-order chi connectivity index (χ0) is 16.2. The lowest BCUT2D eigenvalue weighted by molar-refractivity contribution is -0.142. The number of nitrogens with two attached hydrogens (primary N) is 1. The number of rotatable bonds is 6. The van der Waals surface area contributed by atoms with E-state index in [1.54, 1.807) is 13.8 Å². The number of hydrogen-bond donors (Lipinski definition) is 3. The molecule has 0 aliphatic rings. The van der Waals surface area contributed by atoms with Gasteiger partial charge in [-0.15, -0.1) is 0 Å². The van der Waals surface area contributed by atoms with Gasteiger partial charge in [-0.25, -0.2) is 9.59 Å². The maximum Gasteiger partial charge on any atom is 0.330 e. The highest BCUT2D eigenvalue weighted by atomic mass is 16.5. The molecule has 1 heterocycles. The normalized spacial score (nSPS) is 12.2. The van der Waals surface area contributed by atoms with Crippen molar-refractivity contribution in [2.75, 3.05) is 18.2 Å². The fourth-order valence-corrected chi connectivity index (χ4v) is 1.95. The molecule has 8 heteroatoms. The summed E-state index contributed by atoms with van der Waals surface area (Å²) in [5.41, 5.74) is 4.68. The second kappa shape index (κ2) is 6.96. The summed E-state index contributed by atoms with van der Waals surface area (Å²) in [6.07, 6.45) is 0.681.